The van der Waals surface area contributed by atoms with Crippen LogP contribution in [0, 0.1) is 0 Å². The van der Waals surface area contributed by atoms with E-state index in [1.54, 1.807) is 23.7 Å². The lowest BCUT2D eigenvalue weighted by molar-refractivity contribution is 0.0510. The molecule has 108 valence electrons. The quantitative estimate of drug-likeness (QED) is 0.799. The van der Waals surface area contributed by atoms with E-state index in [9.17, 15) is 0 Å². The van der Waals surface area contributed by atoms with Crippen molar-refractivity contribution < 1.29 is 4.84 Å². The highest BCUT2D eigenvalue weighted by Crippen LogP contribution is 2.31. The van der Waals surface area contributed by atoms with Gasteiger partial charge < -0.3 is 0 Å². The van der Waals surface area contributed by atoms with E-state index in [0.717, 1.165) is 27.5 Å². The van der Waals surface area contributed by atoms with Crippen LogP contribution in [0.2, 0.25) is 0 Å². The normalized spacial score (nSPS) is 17.1. The molecule has 0 amide bonds. The molecule has 3 heterocycles. The maximum atomic E-state index is 5.63. The Morgan fingerprint density at radius 1 is 1.05 bits per heavy atom. The molecule has 1 atom stereocenters. The predicted octanol–water partition coefficient (Wildman–Crippen LogP) is 3.82. The summed E-state index contributed by atoms with van der Waals surface area (Å²) >= 11 is 1.61. The summed E-state index contributed by atoms with van der Waals surface area (Å²) in [6, 6.07) is 14.0. The van der Waals surface area contributed by atoms with Gasteiger partial charge in [-0.3, -0.25) is 15.3 Å². The molecule has 0 fully saturated rings. The van der Waals surface area contributed by atoms with E-state index < -0.39 is 0 Å². The van der Waals surface area contributed by atoms with E-state index in [1.165, 1.54) is 0 Å². The van der Waals surface area contributed by atoms with Crippen LogP contribution in [0.5, 0.6) is 0 Å². The molecule has 1 aliphatic rings. The van der Waals surface area contributed by atoms with Gasteiger partial charge in [0.25, 0.3) is 0 Å². The van der Waals surface area contributed by atoms with Crippen molar-refractivity contribution in [2.24, 2.45) is 0 Å². The summed E-state index contributed by atoms with van der Waals surface area (Å²) in [6.07, 6.45) is 5.53. The number of hydroxylamine groups is 1. The summed E-state index contributed by atoms with van der Waals surface area (Å²) in [5.41, 5.74) is 6.98. The second-order valence-corrected chi connectivity index (χ2v) is 5.76. The monoisotopic (exact) mass is 307 g/mol. The van der Waals surface area contributed by atoms with Gasteiger partial charge in [-0.15, -0.1) is 11.3 Å². The summed E-state index contributed by atoms with van der Waals surface area (Å²) in [7, 11) is 0. The van der Waals surface area contributed by atoms with Crippen LogP contribution in [0.25, 0.3) is 16.3 Å². The second-order valence-electron chi connectivity index (χ2n) is 4.91. The van der Waals surface area contributed by atoms with Gasteiger partial charge >= 0.3 is 0 Å². The Balaban J connectivity index is 1.60. The predicted molar refractivity (Wildman–Crippen MR) is 86.7 cm³/mol. The smallest absolute Gasteiger partial charge is 0.131 e. The molecule has 1 N–H and O–H groups in total. The molecule has 0 bridgehead atoms. The first-order chi connectivity index (χ1) is 10.9. The van der Waals surface area contributed by atoms with Crippen LogP contribution in [0.1, 0.15) is 17.4 Å². The molecule has 0 aliphatic carbocycles. The molecule has 3 aromatic rings. The van der Waals surface area contributed by atoms with Crippen molar-refractivity contribution in [1.29, 1.82) is 0 Å². The van der Waals surface area contributed by atoms with Crippen LogP contribution in [0.3, 0.4) is 0 Å². The fraction of sp³-hybridized carbons (Fsp3) is 0.0588. The van der Waals surface area contributed by atoms with Gasteiger partial charge in [0.15, 0.2) is 0 Å². The molecule has 0 spiro atoms. The third-order valence-electron chi connectivity index (χ3n) is 3.45. The summed E-state index contributed by atoms with van der Waals surface area (Å²) in [6.45, 7) is 0. The van der Waals surface area contributed by atoms with Gasteiger partial charge in [-0.2, -0.15) is 0 Å². The standard InChI is InChI=1S/C17H13N3OS/c1-2-4-12(5-3-1)16-10-14(20-21-16)15-11-22-17(19-15)13-6-8-18-9-7-13/h1-11,16,20H. The highest BCUT2D eigenvalue weighted by molar-refractivity contribution is 7.13. The third kappa shape index (κ3) is 2.52. The van der Waals surface area contributed by atoms with Gasteiger partial charge in [-0.05, 0) is 23.8 Å². The molecule has 22 heavy (non-hydrogen) atoms. The summed E-state index contributed by atoms with van der Waals surface area (Å²) in [4.78, 5) is 14.3. The van der Waals surface area contributed by atoms with Crippen molar-refractivity contribution in [3.05, 3.63) is 77.6 Å². The van der Waals surface area contributed by atoms with E-state index in [-0.39, 0.29) is 6.10 Å². The molecule has 4 nitrogen and oxygen atoms in total. The Morgan fingerprint density at radius 2 is 1.86 bits per heavy atom. The number of nitrogens with one attached hydrogen (secondary N) is 1. The summed E-state index contributed by atoms with van der Waals surface area (Å²) in [5, 5.41) is 3.01. The minimum atomic E-state index is -0.0812. The van der Waals surface area contributed by atoms with E-state index in [1.807, 2.05) is 35.7 Å². The van der Waals surface area contributed by atoms with E-state index in [2.05, 4.69) is 33.7 Å². The Hall–Kier alpha value is -2.50. The molecule has 1 aliphatic heterocycles. The van der Waals surface area contributed by atoms with Crippen molar-refractivity contribution in [2.45, 2.75) is 6.10 Å². The van der Waals surface area contributed by atoms with Gasteiger partial charge in [-0.25, -0.2) is 4.98 Å². The molecule has 1 aromatic carbocycles. The summed E-state index contributed by atoms with van der Waals surface area (Å²) < 4.78 is 0. The van der Waals surface area contributed by atoms with Gasteiger partial charge in [0.2, 0.25) is 0 Å². The van der Waals surface area contributed by atoms with Crippen LogP contribution in [-0.4, -0.2) is 9.97 Å². The summed E-state index contributed by atoms with van der Waals surface area (Å²) in [5.74, 6) is 0. The Kier molecular flexibility index (Phi) is 3.42. The lowest BCUT2D eigenvalue weighted by atomic mass is 10.1. The van der Waals surface area contributed by atoms with Crippen LogP contribution >= 0.6 is 11.3 Å². The van der Waals surface area contributed by atoms with E-state index in [0.29, 0.717) is 0 Å². The fourth-order valence-corrected chi connectivity index (χ4v) is 3.14. The zero-order chi connectivity index (χ0) is 14.8. The maximum absolute atomic E-state index is 5.63. The van der Waals surface area contributed by atoms with E-state index >= 15 is 0 Å². The highest BCUT2D eigenvalue weighted by atomic mass is 32.1. The lowest BCUT2D eigenvalue weighted by Crippen LogP contribution is -2.07. The topological polar surface area (TPSA) is 47.0 Å². The van der Waals surface area contributed by atoms with Crippen LogP contribution in [0.4, 0.5) is 0 Å². The average molecular weight is 307 g/mol. The van der Waals surface area contributed by atoms with E-state index in [4.69, 9.17) is 4.84 Å². The Morgan fingerprint density at radius 3 is 2.68 bits per heavy atom. The minimum absolute atomic E-state index is 0.0812. The van der Waals surface area contributed by atoms with Gasteiger partial charge in [0.1, 0.15) is 11.1 Å². The number of hydrogen-bond acceptors (Lipinski definition) is 5. The fourth-order valence-electron chi connectivity index (χ4n) is 2.32. The molecular formula is C17H13N3OS. The largest absolute Gasteiger partial charge is 0.265 e. The number of pyridine rings is 1. The lowest BCUT2D eigenvalue weighted by Gasteiger charge is -2.06. The van der Waals surface area contributed by atoms with Crippen LogP contribution < -0.4 is 5.48 Å². The van der Waals surface area contributed by atoms with Crippen LogP contribution in [-0.2, 0) is 4.84 Å². The van der Waals surface area contributed by atoms with Gasteiger partial charge in [-0.1, -0.05) is 30.3 Å². The molecule has 2 aromatic heterocycles. The molecule has 1 unspecified atom stereocenters. The molecule has 0 radical (unpaired) electrons. The Bertz CT molecular complexity index is 799. The number of thiazole rings is 1. The van der Waals surface area contributed by atoms with Crippen molar-refractivity contribution in [1.82, 2.24) is 15.4 Å². The van der Waals surface area contributed by atoms with Crippen molar-refractivity contribution >= 4 is 17.0 Å². The van der Waals surface area contributed by atoms with Crippen LogP contribution in [0.15, 0.2) is 66.3 Å². The zero-order valence-corrected chi connectivity index (χ0v) is 12.5. The molecule has 5 heteroatoms. The van der Waals surface area contributed by atoms with Crippen molar-refractivity contribution in [3.63, 3.8) is 0 Å². The Labute approximate surface area is 132 Å². The highest BCUT2D eigenvalue weighted by Gasteiger charge is 2.20. The SMILES string of the molecule is C1=C(c2csc(-c3ccncc3)n2)NOC1c1ccccc1. The maximum Gasteiger partial charge on any atom is 0.131 e. The average Bonchev–Trinajstić information content (AvgIpc) is 3.26. The number of hydrogen-bond donors (Lipinski definition) is 1. The minimum Gasteiger partial charge on any atom is -0.265 e. The zero-order valence-electron chi connectivity index (χ0n) is 11.6. The third-order valence-corrected chi connectivity index (χ3v) is 4.34. The van der Waals surface area contributed by atoms with Gasteiger partial charge in [0, 0.05) is 23.3 Å². The number of aromatic nitrogens is 2. The first-order valence-electron chi connectivity index (χ1n) is 6.95. The first kappa shape index (κ1) is 13.2. The van der Waals surface area contributed by atoms with Gasteiger partial charge in [0.05, 0.1) is 11.4 Å². The number of rotatable bonds is 3. The van der Waals surface area contributed by atoms with Crippen molar-refractivity contribution in [2.75, 3.05) is 0 Å². The number of benzene rings is 1. The number of nitrogens with zero attached hydrogens (tertiary/aromatic N) is 2. The first-order valence-corrected chi connectivity index (χ1v) is 7.83. The second kappa shape index (κ2) is 5.71. The molecule has 0 saturated carbocycles. The molecule has 0 saturated heterocycles. The molecule has 4 rings (SSSR count). The van der Waals surface area contributed by atoms with Crippen molar-refractivity contribution in [3.8, 4) is 10.6 Å². The molecular weight excluding hydrogens is 294 g/mol.